The predicted octanol–water partition coefficient (Wildman–Crippen LogP) is 1.81. The number of nitrogens with one attached hydrogen (secondary N) is 1. The molecule has 0 bridgehead atoms. The van der Waals surface area contributed by atoms with Gasteiger partial charge < -0.3 is 15.8 Å². The minimum atomic E-state index is -3.13. The molecular weight excluding hydrogens is 399 g/mol. The van der Waals surface area contributed by atoms with Gasteiger partial charge in [0, 0.05) is 22.8 Å². The van der Waals surface area contributed by atoms with Gasteiger partial charge in [-0.2, -0.15) is 0 Å². The summed E-state index contributed by atoms with van der Waals surface area (Å²) in [4.78, 5) is 11.7. The average Bonchev–Trinajstić information content (AvgIpc) is 2.45. The first-order valence-corrected chi connectivity index (χ1v) is 9.73. The monoisotopic (exact) mass is 418 g/mol. The minimum Gasteiger partial charge on any atom is -0.375 e. The molecule has 0 aromatic heterocycles. The van der Waals surface area contributed by atoms with Crippen molar-refractivity contribution in [1.82, 2.24) is 5.32 Å². The van der Waals surface area contributed by atoms with E-state index in [-0.39, 0.29) is 37.7 Å². The fourth-order valence-electron chi connectivity index (χ4n) is 1.67. The molecule has 1 atom stereocenters. The van der Waals surface area contributed by atoms with Crippen LogP contribution in [0.4, 0.5) is 0 Å². The molecule has 1 aromatic rings. The first-order valence-electron chi connectivity index (χ1n) is 6.92. The van der Waals surface area contributed by atoms with Gasteiger partial charge in [0.15, 0.2) is 0 Å². The largest absolute Gasteiger partial charge is 0.375 e. The number of benzene rings is 1. The molecule has 0 radical (unpaired) electrons. The van der Waals surface area contributed by atoms with Gasteiger partial charge in [0.1, 0.15) is 9.84 Å². The third kappa shape index (κ3) is 9.66. The molecule has 0 saturated heterocycles. The van der Waals surface area contributed by atoms with Crippen molar-refractivity contribution in [2.75, 3.05) is 25.2 Å². The van der Waals surface area contributed by atoms with Crippen LogP contribution >= 0.6 is 35.6 Å². The van der Waals surface area contributed by atoms with Crippen LogP contribution < -0.4 is 11.1 Å². The van der Waals surface area contributed by atoms with E-state index in [1.807, 2.05) is 0 Å². The van der Waals surface area contributed by atoms with E-state index in [2.05, 4.69) is 5.32 Å². The summed E-state index contributed by atoms with van der Waals surface area (Å²) in [6.45, 7) is 0.853. The third-order valence-corrected chi connectivity index (χ3v) is 4.52. The van der Waals surface area contributed by atoms with E-state index in [9.17, 15) is 13.2 Å². The molecule has 0 heterocycles. The number of carbonyl (C=O) groups excluding carboxylic acids is 1. The molecule has 24 heavy (non-hydrogen) atoms. The van der Waals surface area contributed by atoms with E-state index in [1.165, 1.54) is 0 Å². The second kappa shape index (κ2) is 11.1. The number of amides is 1. The van der Waals surface area contributed by atoms with Crippen LogP contribution in [-0.2, 0) is 26.0 Å². The molecule has 3 N–H and O–H groups in total. The van der Waals surface area contributed by atoms with Crippen LogP contribution in [0.5, 0.6) is 0 Å². The number of carbonyl (C=O) groups is 1. The van der Waals surface area contributed by atoms with Crippen molar-refractivity contribution in [1.29, 1.82) is 0 Å². The van der Waals surface area contributed by atoms with Gasteiger partial charge in [-0.15, -0.1) is 12.4 Å². The Bertz CT molecular complexity index is 641. The smallest absolute Gasteiger partial charge is 0.237 e. The second-order valence-corrected chi connectivity index (χ2v) is 8.21. The van der Waals surface area contributed by atoms with E-state index in [4.69, 9.17) is 33.7 Å². The molecule has 0 aliphatic rings. The summed E-state index contributed by atoms with van der Waals surface area (Å²) in [7, 11) is -3.13. The number of halogens is 3. The van der Waals surface area contributed by atoms with E-state index < -0.39 is 21.8 Å². The highest BCUT2D eigenvalue weighted by Crippen LogP contribution is 2.21. The van der Waals surface area contributed by atoms with E-state index >= 15 is 0 Å². The molecule has 1 rings (SSSR count). The Kier molecular flexibility index (Phi) is 10.9. The lowest BCUT2D eigenvalue weighted by molar-refractivity contribution is -0.122. The fourth-order valence-corrected chi connectivity index (χ4v) is 2.82. The molecule has 1 unspecified atom stereocenters. The summed E-state index contributed by atoms with van der Waals surface area (Å²) in [5.74, 6) is -0.519. The van der Waals surface area contributed by atoms with Crippen LogP contribution in [-0.4, -0.2) is 45.5 Å². The molecule has 0 aliphatic heterocycles. The van der Waals surface area contributed by atoms with E-state index in [0.717, 1.165) is 11.8 Å². The van der Waals surface area contributed by atoms with Crippen LogP contribution in [0.3, 0.4) is 0 Å². The normalized spacial score (nSPS) is 12.3. The number of rotatable bonds is 9. The Balaban J connectivity index is 0.00000529. The first kappa shape index (κ1) is 23.4. The predicted molar refractivity (Wildman–Crippen MR) is 98.7 cm³/mol. The highest BCUT2D eigenvalue weighted by atomic mass is 35.5. The minimum absolute atomic E-state index is 0. The highest BCUT2D eigenvalue weighted by molar-refractivity contribution is 7.90. The summed E-state index contributed by atoms with van der Waals surface area (Å²) >= 11 is 11.8. The van der Waals surface area contributed by atoms with Crippen molar-refractivity contribution < 1.29 is 17.9 Å². The van der Waals surface area contributed by atoms with Crippen molar-refractivity contribution in [3.63, 3.8) is 0 Å². The van der Waals surface area contributed by atoms with Gasteiger partial charge in [-0.3, -0.25) is 4.79 Å². The maximum Gasteiger partial charge on any atom is 0.237 e. The number of sulfone groups is 1. The molecule has 6 nitrogen and oxygen atoms in total. The Hall–Kier alpha value is -0.570. The Morgan fingerprint density at radius 3 is 2.62 bits per heavy atom. The maximum atomic E-state index is 11.7. The zero-order chi connectivity index (χ0) is 17.5. The summed E-state index contributed by atoms with van der Waals surface area (Å²) in [5.41, 5.74) is 6.42. The molecule has 0 aliphatic carbocycles. The molecule has 1 aromatic carbocycles. The zero-order valence-corrected chi connectivity index (χ0v) is 16.3. The SMILES string of the molecule is CS(=O)(=O)CCC(N)C(=O)NCCOCc1ccc(Cl)cc1Cl.Cl. The van der Waals surface area contributed by atoms with Gasteiger partial charge >= 0.3 is 0 Å². The van der Waals surface area contributed by atoms with Crippen LogP contribution in [0.15, 0.2) is 18.2 Å². The van der Waals surface area contributed by atoms with Gasteiger partial charge in [-0.1, -0.05) is 29.3 Å². The van der Waals surface area contributed by atoms with Gasteiger partial charge in [-0.05, 0) is 24.1 Å². The van der Waals surface area contributed by atoms with Gasteiger partial charge in [0.25, 0.3) is 0 Å². The average molecular weight is 420 g/mol. The Morgan fingerprint density at radius 2 is 2.04 bits per heavy atom. The standard InChI is InChI=1S/C14H20Cl2N2O4S.ClH/c1-23(20,21)7-4-13(17)14(19)18-5-6-22-9-10-2-3-11(15)8-12(10)16;/h2-3,8,13H,4-7,9,17H2,1H3,(H,18,19);1H. The lowest BCUT2D eigenvalue weighted by Crippen LogP contribution is -2.42. The summed E-state index contributed by atoms with van der Waals surface area (Å²) in [5, 5.41) is 3.66. The van der Waals surface area contributed by atoms with Crippen LogP contribution in [0, 0.1) is 0 Å². The van der Waals surface area contributed by atoms with Crippen molar-refractivity contribution in [2.24, 2.45) is 5.73 Å². The number of hydrogen-bond acceptors (Lipinski definition) is 5. The lowest BCUT2D eigenvalue weighted by atomic mass is 10.2. The van der Waals surface area contributed by atoms with Crippen molar-refractivity contribution in [3.8, 4) is 0 Å². The van der Waals surface area contributed by atoms with Gasteiger partial charge in [-0.25, -0.2) is 8.42 Å². The summed E-state index contributed by atoms with van der Waals surface area (Å²) in [6, 6.07) is 4.26. The van der Waals surface area contributed by atoms with Crippen molar-refractivity contribution in [3.05, 3.63) is 33.8 Å². The molecular formula is C14H21Cl3N2O4S. The molecule has 10 heteroatoms. The molecule has 138 valence electrons. The number of hydrogen-bond donors (Lipinski definition) is 2. The van der Waals surface area contributed by atoms with Gasteiger partial charge in [0.05, 0.1) is 25.0 Å². The molecule has 0 fully saturated rings. The quantitative estimate of drug-likeness (QED) is 0.595. The molecule has 0 spiro atoms. The lowest BCUT2D eigenvalue weighted by Gasteiger charge is -2.12. The molecule has 0 saturated carbocycles. The number of nitrogens with two attached hydrogens (primary N) is 1. The summed E-state index contributed by atoms with van der Waals surface area (Å²) in [6.07, 6.45) is 1.19. The second-order valence-electron chi connectivity index (χ2n) is 5.10. The number of ether oxygens (including phenoxy) is 1. The van der Waals surface area contributed by atoms with Crippen LogP contribution in [0.2, 0.25) is 10.0 Å². The van der Waals surface area contributed by atoms with Crippen LogP contribution in [0.1, 0.15) is 12.0 Å². The molecule has 1 amide bonds. The topological polar surface area (TPSA) is 98.5 Å². The van der Waals surface area contributed by atoms with E-state index in [1.54, 1.807) is 18.2 Å². The highest BCUT2D eigenvalue weighted by Gasteiger charge is 2.15. The van der Waals surface area contributed by atoms with Gasteiger partial charge in [0.2, 0.25) is 5.91 Å². The first-order chi connectivity index (χ1) is 10.7. The summed E-state index contributed by atoms with van der Waals surface area (Å²) < 4.78 is 27.4. The van der Waals surface area contributed by atoms with Crippen LogP contribution in [0.25, 0.3) is 0 Å². The fraction of sp³-hybridized carbons (Fsp3) is 0.500. The van der Waals surface area contributed by atoms with E-state index in [0.29, 0.717) is 16.7 Å². The Labute approximate surface area is 158 Å². The Morgan fingerprint density at radius 1 is 1.38 bits per heavy atom. The maximum absolute atomic E-state index is 11.7. The zero-order valence-electron chi connectivity index (χ0n) is 13.1. The van der Waals surface area contributed by atoms with Crippen molar-refractivity contribution in [2.45, 2.75) is 19.1 Å². The van der Waals surface area contributed by atoms with Crippen molar-refractivity contribution >= 4 is 51.4 Å². The third-order valence-electron chi connectivity index (χ3n) is 2.95.